The summed E-state index contributed by atoms with van der Waals surface area (Å²) in [7, 11) is 3.69. The normalized spacial score (nSPS) is 15.1. The summed E-state index contributed by atoms with van der Waals surface area (Å²) >= 11 is 3.46. The molecule has 1 unspecified atom stereocenters. The Hall–Kier alpha value is -2.22. The summed E-state index contributed by atoms with van der Waals surface area (Å²) in [5.41, 5.74) is 4.91. The van der Waals surface area contributed by atoms with Crippen LogP contribution in [-0.4, -0.2) is 41.5 Å². The summed E-state index contributed by atoms with van der Waals surface area (Å²) in [4.78, 5) is 23.0. The number of H-pyrrole nitrogens is 1. The van der Waals surface area contributed by atoms with E-state index in [4.69, 9.17) is 4.74 Å². The van der Waals surface area contributed by atoms with Gasteiger partial charge in [0.15, 0.2) is 0 Å². The molecule has 1 aliphatic heterocycles. The van der Waals surface area contributed by atoms with Crippen LogP contribution in [0.2, 0.25) is 0 Å². The van der Waals surface area contributed by atoms with Crippen molar-refractivity contribution in [1.82, 2.24) is 20.2 Å². The molecule has 4 rings (SSSR count). The second-order valence-electron chi connectivity index (χ2n) is 6.92. The number of carbonyl (C=O) groups is 1. The van der Waals surface area contributed by atoms with Crippen molar-refractivity contribution in [2.75, 3.05) is 20.8 Å². The molecule has 0 radical (unpaired) electrons. The molecule has 0 aliphatic carbocycles. The second-order valence-corrected chi connectivity index (χ2v) is 7.84. The highest BCUT2D eigenvalue weighted by Crippen LogP contribution is 2.24. The molecule has 1 atom stereocenters. The Morgan fingerprint density at radius 2 is 2.11 bits per heavy atom. The topological polar surface area (TPSA) is 70.2 Å². The van der Waals surface area contributed by atoms with Gasteiger partial charge in [0.25, 0.3) is 5.91 Å². The van der Waals surface area contributed by atoms with Crippen molar-refractivity contribution < 1.29 is 9.53 Å². The number of carbonyl (C=O) groups excluding carboxylic acids is 1. The smallest absolute Gasteiger partial charge is 0.251 e. The fraction of sp³-hybridized carbons (Fsp3) is 0.300. The van der Waals surface area contributed by atoms with Crippen molar-refractivity contribution in [3.63, 3.8) is 0 Å². The van der Waals surface area contributed by atoms with E-state index in [-0.39, 0.29) is 11.9 Å². The van der Waals surface area contributed by atoms with Gasteiger partial charge in [-0.2, -0.15) is 0 Å². The third-order valence-corrected chi connectivity index (χ3v) is 5.27. The van der Waals surface area contributed by atoms with Crippen molar-refractivity contribution in [1.29, 1.82) is 0 Å². The Morgan fingerprint density at radius 3 is 2.93 bits per heavy atom. The van der Waals surface area contributed by atoms with Gasteiger partial charge in [-0.3, -0.25) is 9.69 Å². The molecule has 6 nitrogen and oxygen atoms in total. The molecule has 1 aliphatic rings. The fourth-order valence-electron chi connectivity index (χ4n) is 3.47. The number of benzene rings is 2. The van der Waals surface area contributed by atoms with Gasteiger partial charge < -0.3 is 15.0 Å². The molecule has 2 N–H and O–H groups in total. The molecule has 0 saturated carbocycles. The van der Waals surface area contributed by atoms with Crippen LogP contribution in [0.15, 0.2) is 40.9 Å². The minimum atomic E-state index is -0.357. The zero-order chi connectivity index (χ0) is 19.0. The number of fused-ring (bicyclic) bond motifs is 2. The molecule has 2 heterocycles. The monoisotopic (exact) mass is 428 g/mol. The van der Waals surface area contributed by atoms with Gasteiger partial charge in [0.2, 0.25) is 0 Å². The SMILES string of the molecule is COCC(NC(=O)c1ccc2c(c1)CN(C)C2)c1nc2cc(Br)ccc2[nH]1. The number of aromatic nitrogens is 2. The van der Waals surface area contributed by atoms with Gasteiger partial charge >= 0.3 is 0 Å². The van der Waals surface area contributed by atoms with Gasteiger partial charge in [0.05, 0.1) is 17.6 Å². The minimum Gasteiger partial charge on any atom is -0.382 e. The number of imidazole rings is 1. The lowest BCUT2D eigenvalue weighted by Crippen LogP contribution is -2.32. The number of methoxy groups -OCH3 is 1. The Kier molecular flexibility index (Phi) is 4.99. The highest BCUT2D eigenvalue weighted by atomic mass is 79.9. The van der Waals surface area contributed by atoms with Gasteiger partial charge in [0, 0.05) is 30.2 Å². The van der Waals surface area contributed by atoms with Crippen LogP contribution in [0.4, 0.5) is 0 Å². The number of hydrogen-bond acceptors (Lipinski definition) is 4. The van der Waals surface area contributed by atoms with Crippen molar-refractivity contribution >= 4 is 32.9 Å². The van der Waals surface area contributed by atoms with E-state index >= 15 is 0 Å². The van der Waals surface area contributed by atoms with Crippen molar-refractivity contribution in [3.8, 4) is 0 Å². The number of nitrogens with one attached hydrogen (secondary N) is 2. The molecule has 2 aromatic carbocycles. The summed E-state index contributed by atoms with van der Waals surface area (Å²) < 4.78 is 6.27. The van der Waals surface area contributed by atoms with E-state index in [0.29, 0.717) is 18.0 Å². The maximum Gasteiger partial charge on any atom is 0.251 e. The van der Waals surface area contributed by atoms with Gasteiger partial charge in [-0.25, -0.2) is 4.98 Å². The number of aromatic amines is 1. The lowest BCUT2D eigenvalue weighted by molar-refractivity contribution is 0.0892. The lowest BCUT2D eigenvalue weighted by Gasteiger charge is -2.16. The molecule has 140 valence electrons. The van der Waals surface area contributed by atoms with Gasteiger partial charge in [-0.15, -0.1) is 0 Å². The molecule has 0 saturated heterocycles. The Labute approximate surface area is 166 Å². The number of ether oxygens (including phenoxy) is 1. The van der Waals surface area contributed by atoms with Crippen LogP contribution in [-0.2, 0) is 17.8 Å². The molecule has 3 aromatic rings. The van der Waals surface area contributed by atoms with E-state index in [1.165, 1.54) is 11.1 Å². The maximum absolute atomic E-state index is 12.8. The van der Waals surface area contributed by atoms with E-state index in [9.17, 15) is 4.79 Å². The maximum atomic E-state index is 12.8. The number of halogens is 1. The van der Waals surface area contributed by atoms with Gasteiger partial charge in [-0.1, -0.05) is 22.0 Å². The first-order chi connectivity index (χ1) is 13.0. The molecular weight excluding hydrogens is 408 g/mol. The third kappa shape index (κ3) is 3.76. The first-order valence-electron chi connectivity index (χ1n) is 8.79. The molecule has 1 aromatic heterocycles. The fourth-order valence-corrected chi connectivity index (χ4v) is 3.82. The molecule has 0 spiro atoms. The predicted octanol–water partition coefficient (Wildman–Crippen LogP) is 3.39. The summed E-state index contributed by atoms with van der Waals surface area (Å²) in [5.74, 6) is 0.551. The lowest BCUT2D eigenvalue weighted by atomic mass is 10.1. The largest absolute Gasteiger partial charge is 0.382 e. The Bertz CT molecular complexity index is 1000. The van der Waals surface area contributed by atoms with E-state index in [1.807, 2.05) is 36.4 Å². The standard InChI is InChI=1S/C20H21BrN4O2/c1-25-9-13-4-3-12(7-14(13)10-25)20(26)24-18(11-27-2)19-22-16-6-5-15(21)8-17(16)23-19/h3-8,18H,9-11H2,1-2H3,(H,22,23)(H,24,26). The summed E-state index contributed by atoms with van der Waals surface area (Å²) in [6.45, 7) is 2.13. The van der Waals surface area contributed by atoms with Crippen LogP contribution in [0.25, 0.3) is 11.0 Å². The van der Waals surface area contributed by atoms with Crippen LogP contribution in [0.3, 0.4) is 0 Å². The van der Waals surface area contributed by atoms with Gasteiger partial charge in [0.1, 0.15) is 11.9 Å². The van der Waals surface area contributed by atoms with Crippen LogP contribution in [0.1, 0.15) is 33.4 Å². The molecule has 0 bridgehead atoms. The molecule has 27 heavy (non-hydrogen) atoms. The Morgan fingerprint density at radius 1 is 1.30 bits per heavy atom. The third-order valence-electron chi connectivity index (χ3n) is 4.78. The predicted molar refractivity (Wildman–Crippen MR) is 107 cm³/mol. The van der Waals surface area contributed by atoms with Crippen LogP contribution >= 0.6 is 15.9 Å². The summed E-state index contributed by atoms with van der Waals surface area (Å²) in [6, 6.07) is 11.4. The number of rotatable bonds is 5. The Balaban J connectivity index is 1.57. The van der Waals surface area contributed by atoms with Crippen LogP contribution < -0.4 is 5.32 Å². The zero-order valence-corrected chi connectivity index (χ0v) is 16.8. The van der Waals surface area contributed by atoms with E-state index in [1.54, 1.807) is 7.11 Å². The van der Waals surface area contributed by atoms with Gasteiger partial charge in [-0.05, 0) is 48.5 Å². The van der Waals surface area contributed by atoms with Crippen LogP contribution in [0, 0.1) is 0 Å². The quantitative estimate of drug-likeness (QED) is 0.653. The molecule has 7 heteroatoms. The first kappa shape index (κ1) is 18.2. The van der Waals surface area contributed by atoms with Crippen molar-refractivity contribution in [2.24, 2.45) is 0 Å². The highest BCUT2D eigenvalue weighted by molar-refractivity contribution is 9.10. The highest BCUT2D eigenvalue weighted by Gasteiger charge is 2.21. The average molecular weight is 429 g/mol. The van der Waals surface area contributed by atoms with Crippen LogP contribution in [0.5, 0.6) is 0 Å². The summed E-state index contributed by atoms with van der Waals surface area (Å²) in [5, 5.41) is 3.05. The summed E-state index contributed by atoms with van der Waals surface area (Å²) in [6.07, 6.45) is 0. The van der Waals surface area contributed by atoms with E-state index < -0.39 is 0 Å². The second kappa shape index (κ2) is 7.42. The molecule has 1 amide bonds. The van der Waals surface area contributed by atoms with E-state index in [2.05, 4.69) is 43.2 Å². The molecular formula is C20H21BrN4O2. The first-order valence-corrected chi connectivity index (χ1v) is 9.58. The number of nitrogens with zero attached hydrogens (tertiary/aromatic N) is 2. The average Bonchev–Trinajstić information content (AvgIpc) is 3.22. The van der Waals surface area contributed by atoms with Crippen molar-refractivity contribution in [2.45, 2.75) is 19.1 Å². The minimum absolute atomic E-state index is 0.129. The molecule has 0 fully saturated rings. The van der Waals surface area contributed by atoms with E-state index in [0.717, 1.165) is 28.6 Å². The number of amides is 1. The zero-order valence-electron chi connectivity index (χ0n) is 15.3. The van der Waals surface area contributed by atoms with Crippen molar-refractivity contribution in [3.05, 3.63) is 63.4 Å². The number of hydrogen-bond donors (Lipinski definition) is 2.